The van der Waals surface area contributed by atoms with E-state index in [1.54, 1.807) is 31.5 Å². The SMILES string of the molecule is CCOC(=O)C(C)(C)c1cn2nc(NCC(O)CN3CCC(OC(c4ccccc4)c4ccccc4)CC3)ccc2n1.O=C(O)/C=C/C(=O)O.O=C(O)/C=C/C(=O)O. The molecule has 3 heterocycles. The fraction of sp³-hybridized carbons (Fsp3) is 0.341. The Kier molecular flexibility index (Phi) is 18.2. The van der Waals surface area contributed by atoms with E-state index in [2.05, 4.69) is 68.8 Å². The Morgan fingerprint density at radius 3 is 1.78 bits per heavy atom. The van der Waals surface area contributed by atoms with E-state index in [4.69, 9.17) is 29.9 Å². The first-order chi connectivity index (χ1) is 27.6. The van der Waals surface area contributed by atoms with Crippen molar-refractivity contribution in [1.82, 2.24) is 19.5 Å². The summed E-state index contributed by atoms with van der Waals surface area (Å²) >= 11 is 0. The van der Waals surface area contributed by atoms with E-state index in [0.29, 0.717) is 61.2 Å². The number of piperidine rings is 1. The van der Waals surface area contributed by atoms with E-state index in [1.165, 1.54) is 0 Å². The fourth-order valence-corrected chi connectivity index (χ4v) is 5.59. The highest BCUT2D eigenvalue weighted by Gasteiger charge is 2.34. The molecule has 17 nitrogen and oxygen atoms in total. The third-order valence-corrected chi connectivity index (χ3v) is 8.54. The molecule has 1 atom stereocenters. The minimum atomic E-state index is -1.26. The Hall–Kier alpha value is -6.43. The molecule has 1 unspecified atom stereocenters. The number of hydrogen-bond donors (Lipinski definition) is 6. The van der Waals surface area contributed by atoms with Crippen molar-refractivity contribution in [1.29, 1.82) is 0 Å². The van der Waals surface area contributed by atoms with Crippen molar-refractivity contribution in [3.63, 3.8) is 0 Å². The summed E-state index contributed by atoms with van der Waals surface area (Å²) in [6.07, 6.45) is 5.33. The third kappa shape index (κ3) is 15.6. The van der Waals surface area contributed by atoms with Gasteiger partial charge in [-0.05, 0) is 56.9 Å². The number of carbonyl (C=O) groups excluding carboxylic acids is 1. The van der Waals surface area contributed by atoms with E-state index in [1.807, 2.05) is 24.3 Å². The summed E-state index contributed by atoms with van der Waals surface area (Å²) < 4.78 is 13.5. The number of ether oxygens (including phenoxy) is 2. The largest absolute Gasteiger partial charge is 0.478 e. The smallest absolute Gasteiger partial charge is 0.328 e. The highest BCUT2D eigenvalue weighted by molar-refractivity contribution is 5.90. The summed E-state index contributed by atoms with van der Waals surface area (Å²) in [5, 5.41) is 49.8. The van der Waals surface area contributed by atoms with E-state index in [0.717, 1.165) is 37.1 Å². The van der Waals surface area contributed by atoms with E-state index < -0.39 is 35.4 Å². The topological polar surface area (TPSA) is 250 Å². The van der Waals surface area contributed by atoms with E-state index in [-0.39, 0.29) is 18.2 Å². The standard InChI is InChI=1S/C33H41N5O4.2C4H4O4/c1-4-41-32(40)33(2,3)28-23-38-30(35-28)16-15-29(36-38)34-21-26(39)22-37-19-17-27(18-20-37)42-31(24-11-7-5-8-12-24)25-13-9-6-10-14-25;2*5-3(6)1-2-4(7)8/h5-16,23,26-27,31,39H,4,17-22H2,1-3H3,(H,34,36);2*1-2H,(H,5,6)(H,7,8)/b;2*2-1+. The Morgan fingerprint density at radius 1 is 0.810 bits per heavy atom. The summed E-state index contributed by atoms with van der Waals surface area (Å²) in [5.74, 6) is -4.73. The van der Waals surface area contributed by atoms with Crippen LogP contribution in [0.5, 0.6) is 0 Å². The zero-order valence-corrected chi connectivity index (χ0v) is 32.4. The molecule has 0 radical (unpaired) electrons. The normalized spacial score (nSPS) is 13.9. The van der Waals surface area contributed by atoms with Gasteiger partial charge >= 0.3 is 29.8 Å². The fourth-order valence-electron chi connectivity index (χ4n) is 5.59. The number of carboxylic acid groups (broad SMARTS) is 4. The van der Waals surface area contributed by atoms with Crippen LogP contribution in [-0.4, -0.2) is 120 Å². The summed E-state index contributed by atoms with van der Waals surface area (Å²) in [7, 11) is 0. The number of carbonyl (C=O) groups is 5. The summed E-state index contributed by atoms with van der Waals surface area (Å²) in [6, 6.07) is 24.4. The van der Waals surface area contributed by atoms with Gasteiger partial charge in [0.15, 0.2) is 5.65 Å². The van der Waals surface area contributed by atoms with Crippen molar-refractivity contribution in [3.8, 4) is 0 Å². The number of rotatable bonds is 16. The van der Waals surface area contributed by atoms with Crippen LogP contribution >= 0.6 is 0 Å². The van der Waals surface area contributed by atoms with Gasteiger partial charge in [-0.3, -0.25) is 4.79 Å². The number of imidazole rings is 1. The molecule has 2 aromatic carbocycles. The predicted molar refractivity (Wildman–Crippen MR) is 211 cm³/mol. The number of hydrogen-bond acceptors (Lipinski definition) is 12. The van der Waals surface area contributed by atoms with Gasteiger partial charge in [-0.1, -0.05) is 60.7 Å². The van der Waals surface area contributed by atoms with Crippen LogP contribution in [-0.2, 0) is 38.9 Å². The molecule has 0 saturated carbocycles. The molecule has 0 aliphatic carbocycles. The van der Waals surface area contributed by atoms with E-state index in [9.17, 15) is 29.1 Å². The van der Waals surface area contributed by atoms with Gasteiger partial charge < -0.3 is 45.2 Å². The van der Waals surface area contributed by atoms with Gasteiger partial charge in [0.1, 0.15) is 17.3 Å². The van der Waals surface area contributed by atoms with Crippen molar-refractivity contribution < 1.29 is 59.0 Å². The maximum Gasteiger partial charge on any atom is 0.328 e. The van der Waals surface area contributed by atoms with Gasteiger partial charge in [-0.25, -0.2) is 28.7 Å². The number of nitrogens with one attached hydrogen (secondary N) is 1. The monoisotopic (exact) mass is 803 g/mol. The molecule has 2 aromatic heterocycles. The lowest BCUT2D eigenvalue weighted by Gasteiger charge is -2.35. The number of nitrogens with zero attached hydrogens (tertiary/aromatic N) is 4. The molecule has 310 valence electrons. The number of aliphatic hydroxyl groups is 1. The van der Waals surface area contributed by atoms with Gasteiger partial charge in [-0.2, -0.15) is 0 Å². The van der Waals surface area contributed by atoms with Crippen LogP contribution in [0, 0.1) is 0 Å². The molecular weight excluding hydrogens is 754 g/mol. The van der Waals surface area contributed by atoms with Crippen LogP contribution in [0.1, 0.15) is 56.5 Å². The van der Waals surface area contributed by atoms with Gasteiger partial charge in [0.2, 0.25) is 0 Å². The lowest BCUT2D eigenvalue weighted by Crippen LogP contribution is -2.43. The average Bonchev–Trinajstić information content (AvgIpc) is 3.64. The van der Waals surface area contributed by atoms with Crippen molar-refractivity contribution in [2.24, 2.45) is 0 Å². The number of β-amino-alcohol motifs (C(OH)–C–C–N with tert-alkyl or cyclic N) is 1. The second kappa shape index (κ2) is 23.0. The average molecular weight is 804 g/mol. The van der Waals surface area contributed by atoms with Crippen molar-refractivity contribution in [2.75, 3.05) is 38.1 Å². The first kappa shape index (κ1) is 46.0. The van der Waals surface area contributed by atoms with E-state index >= 15 is 0 Å². The van der Waals surface area contributed by atoms with Gasteiger partial charge in [0.05, 0.1) is 30.7 Å². The molecule has 1 saturated heterocycles. The number of carboxylic acids is 4. The molecule has 5 rings (SSSR count). The minimum Gasteiger partial charge on any atom is -0.478 e. The van der Waals surface area contributed by atoms with Crippen LogP contribution in [0.25, 0.3) is 5.65 Å². The molecule has 0 amide bonds. The zero-order valence-electron chi connectivity index (χ0n) is 32.4. The number of aliphatic carboxylic acids is 4. The molecule has 1 aliphatic rings. The molecule has 4 aromatic rings. The number of aromatic nitrogens is 3. The van der Waals surface area contributed by atoms with Crippen LogP contribution in [0.4, 0.5) is 5.82 Å². The molecular formula is C41H49N5O12. The number of fused-ring (bicyclic) bond motifs is 1. The lowest BCUT2D eigenvalue weighted by molar-refractivity contribution is -0.149. The van der Waals surface area contributed by atoms with Crippen molar-refractivity contribution in [2.45, 2.75) is 57.3 Å². The van der Waals surface area contributed by atoms with Gasteiger partial charge in [-0.15, -0.1) is 5.10 Å². The molecule has 6 N–H and O–H groups in total. The highest BCUT2D eigenvalue weighted by atomic mass is 16.5. The molecule has 58 heavy (non-hydrogen) atoms. The van der Waals surface area contributed by atoms with Crippen LogP contribution in [0.15, 0.2) is 103 Å². The Labute approximate surface area is 334 Å². The molecule has 0 spiro atoms. The summed E-state index contributed by atoms with van der Waals surface area (Å²) in [6.45, 7) is 8.38. The molecule has 0 bridgehead atoms. The Bertz CT molecular complexity index is 1900. The highest BCUT2D eigenvalue weighted by Crippen LogP contribution is 2.30. The van der Waals surface area contributed by atoms with Gasteiger partial charge in [0, 0.05) is 50.5 Å². The number of anilines is 1. The maximum absolute atomic E-state index is 12.4. The third-order valence-electron chi connectivity index (χ3n) is 8.54. The summed E-state index contributed by atoms with van der Waals surface area (Å²) in [5.41, 5.74) is 2.68. The molecule has 1 aliphatic heterocycles. The first-order valence-electron chi connectivity index (χ1n) is 18.3. The number of aliphatic hydroxyl groups excluding tert-OH is 1. The maximum atomic E-state index is 12.4. The lowest BCUT2D eigenvalue weighted by atomic mass is 9.90. The van der Waals surface area contributed by atoms with Crippen LogP contribution < -0.4 is 5.32 Å². The summed E-state index contributed by atoms with van der Waals surface area (Å²) in [4.78, 5) is 57.5. The minimum absolute atomic E-state index is 0.0913. The quantitative estimate of drug-likeness (QED) is 0.0691. The Morgan fingerprint density at radius 2 is 1.31 bits per heavy atom. The number of esters is 1. The second-order valence-corrected chi connectivity index (χ2v) is 13.4. The molecule has 1 fully saturated rings. The van der Waals surface area contributed by atoms with Crippen molar-refractivity contribution >= 4 is 41.3 Å². The van der Waals surface area contributed by atoms with Crippen molar-refractivity contribution in [3.05, 3.63) is 120 Å². The number of benzene rings is 2. The van der Waals surface area contributed by atoms with Crippen LogP contribution in [0.2, 0.25) is 0 Å². The van der Waals surface area contributed by atoms with Gasteiger partial charge in [0.25, 0.3) is 0 Å². The number of likely N-dealkylation sites (tertiary alicyclic amines) is 1. The Balaban J connectivity index is 0.000000473. The second-order valence-electron chi connectivity index (χ2n) is 13.4. The first-order valence-corrected chi connectivity index (χ1v) is 18.3. The predicted octanol–water partition coefficient (Wildman–Crippen LogP) is 4.04. The zero-order chi connectivity index (χ0) is 42.7. The molecule has 17 heteroatoms. The van der Waals surface area contributed by atoms with Crippen LogP contribution in [0.3, 0.4) is 0 Å².